The lowest BCUT2D eigenvalue weighted by Gasteiger charge is -2.45. The highest BCUT2D eigenvalue weighted by Gasteiger charge is 2.30. The van der Waals surface area contributed by atoms with Crippen molar-refractivity contribution in [2.45, 2.75) is 46.3 Å². The molecule has 0 spiro atoms. The van der Waals surface area contributed by atoms with Crippen LogP contribution in [-0.4, -0.2) is 45.1 Å². The van der Waals surface area contributed by atoms with Crippen LogP contribution in [-0.2, 0) is 6.54 Å². The van der Waals surface area contributed by atoms with Gasteiger partial charge in [0.2, 0.25) is 0 Å². The predicted octanol–water partition coefficient (Wildman–Crippen LogP) is 4.05. The first-order valence-electron chi connectivity index (χ1n) is 9.92. The van der Waals surface area contributed by atoms with Crippen LogP contribution in [0.1, 0.15) is 30.5 Å². The van der Waals surface area contributed by atoms with Gasteiger partial charge in [0.25, 0.3) is 0 Å². The van der Waals surface area contributed by atoms with Gasteiger partial charge in [0.05, 0.1) is 17.2 Å². The average Bonchev–Trinajstić information content (AvgIpc) is 2.63. The van der Waals surface area contributed by atoms with Gasteiger partial charge in [-0.05, 0) is 68.7 Å². The maximum absolute atomic E-state index is 9.91. The fourth-order valence-corrected chi connectivity index (χ4v) is 4.26. The molecule has 1 fully saturated rings. The Balaban J connectivity index is 1.52. The van der Waals surface area contributed by atoms with Gasteiger partial charge in [-0.25, -0.2) is 4.98 Å². The first-order valence-corrected chi connectivity index (χ1v) is 9.92. The molecular weight excluding hydrogens is 348 g/mol. The van der Waals surface area contributed by atoms with Crippen LogP contribution in [0.4, 0.5) is 5.82 Å². The first-order chi connectivity index (χ1) is 13.4. The van der Waals surface area contributed by atoms with E-state index in [4.69, 9.17) is 4.98 Å². The van der Waals surface area contributed by atoms with Gasteiger partial charge in [-0.2, -0.15) is 0 Å². The van der Waals surface area contributed by atoms with E-state index in [-0.39, 0.29) is 0 Å². The third-order valence-corrected chi connectivity index (χ3v) is 5.60. The Morgan fingerprint density at radius 3 is 2.43 bits per heavy atom. The summed E-state index contributed by atoms with van der Waals surface area (Å²) in [6.07, 6.45) is 1.90. The van der Waals surface area contributed by atoms with Crippen LogP contribution in [0.3, 0.4) is 0 Å². The summed E-state index contributed by atoms with van der Waals surface area (Å²) in [4.78, 5) is 14.3. The minimum absolute atomic E-state index is 0.343. The van der Waals surface area contributed by atoms with Crippen LogP contribution in [0.25, 0.3) is 11.0 Å². The lowest BCUT2D eigenvalue weighted by Crippen LogP contribution is -2.56. The van der Waals surface area contributed by atoms with Crippen LogP contribution in [0.15, 0.2) is 42.6 Å². The molecule has 2 atom stereocenters. The highest BCUT2D eigenvalue weighted by molar-refractivity contribution is 5.76. The van der Waals surface area contributed by atoms with Crippen molar-refractivity contribution in [2.75, 3.05) is 18.0 Å². The zero-order valence-electron chi connectivity index (χ0n) is 17.1. The van der Waals surface area contributed by atoms with Gasteiger partial charge in [0, 0.05) is 31.7 Å². The molecule has 0 aliphatic carbocycles. The van der Waals surface area contributed by atoms with E-state index in [1.807, 2.05) is 19.2 Å². The summed E-state index contributed by atoms with van der Waals surface area (Å²) in [6.45, 7) is 11.3. The molecule has 0 radical (unpaired) electrons. The fraction of sp³-hybridized carbons (Fsp3) is 0.391. The second kappa shape index (κ2) is 7.40. The second-order valence-electron chi connectivity index (χ2n) is 8.17. The average molecular weight is 377 g/mol. The number of hydrogen-bond donors (Lipinski definition) is 1. The van der Waals surface area contributed by atoms with Crippen LogP contribution < -0.4 is 4.90 Å². The van der Waals surface area contributed by atoms with Crippen molar-refractivity contribution in [1.82, 2.24) is 14.9 Å². The van der Waals surface area contributed by atoms with Crippen LogP contribution >= 0.6 is 0 Å². The van der Waals surface area contributed by atoms with Gasteiger partial charge in [-0.1, -0.05) is 12.1 Å². The van der Waals surface area contributed by atoms with Crippen molar-refractivity contribution in [2.24, 2.45) is 0 Å². The lowest BCUT2D eigenvalue weighted by molar-refractivity contribution is 0.123. The highest BCUT2D eigenvalue weighted by Crippen LogP contribution is 2.25. The van der Waals surface area contributed by atoms with E-state index in [2.05, 4.69) is 59.8 Å². The number of rotatable bonds is 3. The minimum Gasteiger partial charge on any atom is -0.508 e. The highest BCUT2D eigenvalue weighted by atomic mass is 16.3. The lowest BCUT2D eigenvalue weighted by atomic mass is 10.0. The standard InChI is InChI=1S/C23H28N4O/c1-15-5-6-21-22(9-15)24-11-23(25-21)26-12-17(3)27(18(4)13-26)14-19-7-16(2)8-20(28)10-19/h5-11,17-18,28H,12-14H2,1-4H3/t17-,18+. The maximum Gasteiger partial charge on any atom is 0.147 e. The van der Waals surface area contributed by atoms with Gasteiger partial charge in [0.15, 0.2) is 0 Å². The number of nitrogens with zero attached hydrogens (tertiary/aromatic N) is 4. The molecule has 146 valence electrons. The quantitative estimate of drug-likeness (QED) is 0.747. The van der Waals surface area contributed by atoms with Crippen molar-refractivity contribution in [3.8, 4) is 5.75 Å². The number of hydrogen-bond acceptors (Lipinski definition) is 5. The summed E-state index contributed by atoms with van der Waals surface area (Å²) in [7, 11) is 0. The largest absolute Gasteiger partial charge is 0.508 e. The Labute approximate surface area is 166 Å². The van der Waals surface area contributed by atoms with Crippen LogP contribution in [0, 0.1) is 13.8 Å². The number of benzene rings is 2. The maximum atomic E-state index is 9.91. The summed E-state index contributed by atoms with van der Waals surface area (Å²) in [6, 6.07) is 12.8. The number of piperazine rings is 1. The fourth-order valence-electron chi connectivity index (χ4n) is 4.26. The minimum atomic E-state index is 0.343. The second-order valence-corrected chi connectivity index (χ2v) is 8.17. The van der Waals surface area contributed by atoms with E-state index in [0.29, 0.717) is 17.8 Å². The number of aromatic hydroxyl groups is 1. The van der Waals surface area contributed by atoms with Crippen molar-refractivity contribution in [1.29, 1.82) is 0 Å². The summed E-state index contributed by atoms with van der Waals surface area (Å²) in [5, 5.41) is 9.91. The molecule has 1 N–H and O–H groups in total. The Morgan fingerprint density at radius 2 is 1.71 bits per heavy atom. The monoisotopic (exact) mass is 376 g/mol. The molecule has 5 heteroatoms. The van der Waals surface area contributed by atoms with Gasteiger partial charge >= 0.3 is 0 Å². The van der Waals surface area contributed by atoms with Gasteiger partial charge < -0.3 is 10.0 Å². The van der Waals surface area contributed by atoms with E-state index in [0.717, 1.165) is 47.6 Å². The molecule has 1 aliphatic heterocycles. The molecule has 0 unspecified atom stereocenters. The summed E-state index contributed by atoms with van der Waals surface area (Å²) >= 11 is 0. The molecule has 1 saturated heterocycles. The Hall–Kier alpha value is -2.66. The normalized spacial score (nSPS) is 20.6. The zero-order valence-corrected chi connectivity index (χ0v) is 17.1. The molecule has 1 aromatic heterocycles. The van der Waals surface area contributed by atoms with Crippen LogP contribution in [0.2, 0.25) is 0 Å². The predicted molar refractivity (Wildman–Crippen MR) is 114 cm³/mol. The number of aromatic nitrogens is 2. The SMILES string of the molecule is Cc1cc(O)cc(CN2[C@H](C)CN(c3cnc4cc(C)ccc4n3)C[C@@H]2C)c1. The van der Waals surface area contributed by atoms with E-state index >= 15 is 0 Å². The molecule has 28 heavy (non-hydrogen) atoms. The third kappa shape index (κ3) is 3.80. The Kier molecular flexibility index (Phi) is 4.94. The molecule has 5 nitrogen and oxygen atoms in total. The van der Waals surface area contributed by atoms with Crippen molar-refractivity contribution in [3.63, 3.8) is 0 Å². The van der Waals surface area contributed by atoms with E-state index in [1.165, 1.54) is 5.56 Å². The Bertz CT molecular complexity index is 971. The zero-order chi connectivity index (χ0) is 19.8. The van der Waals surface area contributed by atoms with E-state index < -0.39 is 0 Å². The molecule has 1 aliphatic rings. The first kappa shape index (κ1) is 18.7. The van der Waals surface area contributed by atoms with Gasteiger partial charge in [-0.15, -0.1) is 0 Å². The molecule has 2 heterocycles. The van der Waals surface area contributed by atoms with E-state index in [1.54, 1.807) is 6.07 Å². The molecule has 0 amide bonds. The topological polar surface area (TPSA) is 52.5 Å². The van der Waals surface area contributed by atoms with E-state index in [9.17, 15) is 5.11 Å². The third-order valence-electron chi connectivity index (χ3n) is 5.60. The smallest absolute Gasteiger partial charge is 0.147 e. The number of anilines is 1. The molecular formula is C23H28N4O. The van der Waals surface area contributed by atoms with Crippen LogP contribution in [0.5, 0.6) is 5.75 Å². The molecule has 2 aromatic carbocycles. The van der Waals surface area contributed by atoms with Gasteiger partial charge in [0.1, 0.15) is 11.6 Å². The number of fused-ring (bicyclic) bond motifs is 1. The van der Waals surface area contributed by atoms with Crippen molar-refractivity contribution < 1.29 is 5.11 Å². The van der Waals surface area contributed by atoms with Gasteiger partial charge in [-0.3, -0.25) is 9.88 Å². The Morgan fingerprint density at radius 1 is 0.964 bits per heavy atom. The molecule has 4 rings (SSSR count). The number of phenolic OH excluding ortho intramolecular Hbond substituents is 1. The number of phenols is 1. The summed E-state index contributed by atoms with van der Waals surface area (Å²) < 4.78 is 0. The molecule has 0 saturated carbocycles. The number of aryl methyl sites for hydroxylation is 2. The molecule has 0 bridgehead atoms. The van der Waals surface area contributed by atoms with Crippen molar-refractivity contribution >= 4 is 16.9 Å². The van der Waals surface area contributed by atoms with Crippen molar-refractivity contribution in [3.05, 3.63) is 59.3 Å². The molecule has 3 aromatic rings. The summed E-state index contributed by atoms with van der Waals surface area (Å²) in [5.74, 6) is 1.29. The summed E-state index contributed by atoms with van der Waals surface area (Å²) in [5.41, 5.74) is 5.34.